The summed E-state index contributed by atoms with van der Waals surface area (Å²) in [5.74, 6) is 0.510. The second-order valence-corrected chi connectivity index (χ2v) is 6.48. The van der Waals surface area contributed by atoms with Crippen molar-refractivity contribution >= 4 is 29.2 Å². The summed E-state index contributed by atoms with van der Waals surface area (Å²) in [6, 6.07) is 6.11. The van der Waals surface area contributed by atoms with Crippen molar-refractivity contribution in [3.63, 3.8) is 0 Å². The molecule has 0 aliphatic carbocycles. The molecule has 122 valence electrons. The predicted molar refractivity (Wildman–Crippen MR) is 94.9 cm³/mol. The predicted octanol–water partition coefficient (Wildman–Crippen LogP) is 2.92. The van der Waals surface area contributed by atoms with E-state index in [2.05, 4.69) is 22.1 Å². The number of rotatable bonds is 6. The molecule has 0 aromatic heterocycles. The molecule has 0 saturated carbocycles. The fraction of sp³-hybridized carbons (Fsp3) is 0.562. The highest BCUT2D eigenvalue weighted by atomic mass is 35.5. The van der Waals surface area contributed by atoms with Gasteiger partial charge in [0.25, 0.3) is 0 Å². The number of nitrogens with zero attached hydrogens (tertiary/aromatic N) is 2. The Kier molecular flexibility index (Phi) is 6.80. The van der Waals surface area contributed by atoms with Crippen LogP contribution in [-0.2, 0) is 6.42 Å². The lowest BCUT2D eigenvalue weighted by Gasteiger charge is -2.20. The average Bonchev–Trinajstić information content (AvgIpc) is 2.91. The Morgan fingerprint density at radius 2 is 2.09 bits per heavy atom. The van der Waals surface area contributed by atoms with Gasteiger partial charge in [-0.15, -0.1) is 0 Å². The molecule has 1 unspecified atom stereocenters. The van der Waals surface area contributed by atoms with E-state index < -0.39 is 0 Å². The van der Waals surface area contributed by atoms with E-state index in [9.17, 15) is 0 Å². The first-order chi connectivity index (χ1) is 10.6. The lowest BCUT2D eigenvalue weighted by atomic mass is 10.1. The zero-order chi connectivity index (χ0) is 15.9. The van der Waals surface area contributed by atoms with Crippen LogP contribution in [0.3, 0.4) is 0 Å². The minimum absolute atomic E-state index is 0.510. The van der Waals surface area contributed by atoms with Gasteiger partial charge in [0.2, 0.25) is 0 Å². The van der Waals surface area contributed by atoms with E-state index in [1.54, 1.807) is 6.07 Å². The summed E-state index contributed by atoms with van der Waals surface area (Å²) in [6.07, 6.45) is 3.28. The Labute approximate surface area is 142 Å². The van der Waals surface area contributed by atoms with Crippen molar-refractivity contribution < 1.29 is 0 Å². The maximum absolute atomic E-state index is 5.98. The number of likely N-dealkylation sites (tertiary alicyclic amines) is 1. The van der Waals surface area contributed by atoms with Crippen LogP contribution in [0.4, 0.5) is 0 Å². The molecule has 0 spiro atoms. The van der Waals surface area contributed by atoms with Crippen LogP contribution in [0.15, 0.2) is 23.2 Å². The van der Waals surface area contributed by atoms with E-state index in [4.69, 9.17) is 28.9 Å². The van der Waals surface area contributed by atoms with Crippen molar-refractivity contribution in [3.8, 4) is 0 Å². The Morgan fingerprint density at radius 3 is 2.77 bits per heavy atom. The SMILES string of the molecule is CCN1CCCC1CN=C(N)NCCc1cc(Cl)cc(Cl)c1. The number of likely N-dealkylation sites (N-methyl/N-ethyl adjacent to an activating group) is 1. The number of hydrogen-bond acceptors (Lipinski definition) is 2. The van der Waals surface area contributed by atoms with Crippen LogP contribution in [0.5, 0.6) is 0 Å². The summed E-state index contributed by atoms with van der Waals surface area (Å²) in [4.78, 5) is 6.92. The van der Waals surface area contributed by atoms with Crippen molar-refractivity contribution in [2.24, 2.45) is 10.7 Å². The highest BCUT2D eigenvalue weighted by molar-refractivity contribution is 6.34. The van der Waals surface area contributed by atoms with Crippen molar-refractivity contribution in [3.05, 3.63) is 33.8 Å². The molecule has 1 aromatic carbocycles. The van der Waals surface area contributed by atoms with Gasteiger partial charge in [0.15, 0.2) is 5.96 Å². The van der Waals surface area contributed by atoms with Crippen LogP contribution in [0.25, 0.3) is 0 Å². The van der Waals surface area contributed by atoms with Gasteiger partial charge in [-0.25, -0.2) is 0 Å². The van der Waals surface area contributed by atoms with Crippen LogP contribution in [0.2, 0.25) is 10.0 Å². The van der Waals surface area contributed by atoms with E-state index in [0.717, 1.165) is 25.1 Å². The molecule has 1 fully saturated rings. The summed E-state index contributed by atoms with van der Waals surface area (Å²) in [7, 11) is 0. The largest absolute Gasteiger partial charge is 0.370 e. The Balaban J connectivity index is 1.75. The number of nitrogens with two attached hydrogens (primary N) is 1. The molecule has 2 rings (SSSR count). The molecular weight excluding hydrogens is 319 g/mol. The number of nitrogens with one attached hydrogen (secondary N) is 1. The standard InChI is InChI=1S/C16H24Cl2N4/c1-2-22-7-3-4-15(22)11-21-16(19)20-6-5-12-8-13(17)10-14(18)9-12/h8-10,15H,2-7,11H2,1H3,(H3,19,20,21). The highest BCUT2D eigenvalue weighted by Crippen LogP contribution is 2.19. The van der Waals surface area contributed by atoms with E-state index in [1.165, 1.54) is 19.4 Å². The summed E-state index contributed by atoms with van der Waals surface area (Å²) in [5.41, 5.74) is 7.02. The van der Waals surface area contributed by atoms with E-state index in [-0.39, 0.29) is 0 Å². The number of benzene rings is 1. The maximum Gasteiger partial charge on any atom is 0.188 e. The van der Waals surface area contributed by atoms with E-state index in [0.29, 0.717) is 28.6 Å². The van der Waals surface area contributed by atoms with E-state index in [1.807, 2.05) is 12.1 Å². The highest BCUT2D eigenvalue weighted by Gasteiger charge is 2.22. The summed E-state index contributed by atoms with van der Waals surface area (Å²) in [5, 5.41) is 4.46. The van der Waals surface area contributed by atoms with Gasteiger partial charge >= 0.3 is 0 Å². The zero-order valence-corrected chi connectivity index (χ0v) is 14.5. The molecule has 1 aliphatic heterocycles. The molecule has 0 bridgehead atoms. The molecule has 0 amide bonds. The van der Waals surface area contributed by atoms with Crippen LogP contribution in [0, 0.1) is 0 Å². The molecule has 0 radical (unpaired) electrons. The van der Waals surface area contributed by atoms with Crippen molar-refractivity contribution in [2.45, 2.75) is 32.2 Å². The molecule has 6 heteroatoms. The summed E-state index contributed by atoms with van der Waals surface area (Å²) >= 11 is 12.0. The van der Waals surface area contributed by atoms with Gasteiger partial charge in [-0.2, -0.15) is 0 Å². The van der Waals surface area contributed by atoms with Gasteiger partial charge in [0.1, 0.15) is 0 Å². The number of halogens is 2. The number of hydrogen-bond donors (Lipinski definition) is 2. The Morgan fingerprint density at radius 1 is 1.36 bits per heavy atom. The molecular formula is C16H24Cl2N4. The van der Waals surface area contributed by atoms with Gasteiger partial charge < -0.3 is 11.1 Å². The molecule has 1 aliphatic rings. The molecule has 4 nitrogen and oxygen atoms in total. The molecule has 22 heavy (non-hydrogen) atoms. The molecule has 1 atom stereocenters. The number of guanidine groups is 1. The fourth-order valence-electron chi connectivity index (χ4n) is 2.87. The maximum atomic E-state index is 5.98. The van der Waals surface area contributed by atoms with Crippen LogP contribution in [-0.4, -0.2) is 43.1 Å². The van der Waals surface area contributed by atoms with Gasteiger partial charge in [-0.3, -0.25) is 9.89 Å². The quantitative estimate of drug-likeness (QED) is 0.617. The van der Waals surface area contributed by atoms with Gasteiger partial charge in [-0.1, -0.05) is 30.1 Å². The molecule has 1 saturated heterocycles. The van der Waals surface area contributed by atoms with Gasteiger partial charge in [0, 0.05) is 22.6 Å². The first-order valence-corrected chi connectivity index (χ1v) is 8.57. The van der Waals surface area contributed by atoms with Gasteiger partial charge in [-0.05, 0) is 56.1 Å². The van der Waals surface area contributed by atoms with Crippen LogP contribution in [0.1, 0.15) is 25.3 Å². The second kappa shape index (κ2) is 8.61. The Bertz CT molecular complexity index is 499. The summed E-state index contributed by atoms with van der Waals surface area (Å²) in [6.45, 7) is 5.95. The first-order valence-electron chi connectivity index (χ1n) is 7.81. The lowest BCUT2D eigenvalue weighted by Crippen LogP contribution is -2.36. The first kappa shape index (κ1) is 17.4. The summed E-state index contributed by atoms with van der Waals surface area (Å²) < 4.78 is 0. The van der Waals surface area contributed by atoms with Crippen LogP contribution >= 0.6 is 23.2 Å². The third-order valence-electron chi connectivity index (χ3n) is 4.02. The normalized spacial score (nSPS) is 19.6. The molecule has 3 N–H and O–H groups in total. The van der Waals surface area contributed by atoms with Crippen LogP contribution < -0.4 is 11.1 Å². The lowest BCUT2D eigenvalue weighted by molar-refractivity contribution is 0.273. The zero-order valence-electron chi connectivity index (χ0n) is 13.0. The Hall–Kier alpha value is -0.970. The topological polar surface area (TPSA) is 53.6 Å². The second-order valence-electron chi connectivity index (χ2n) is 5.61. The minimum atomic E-state index is 0.510. The fourth-order valence-corrected chi connectivity index (χ4v) is 3.44. The average molecular weight is 343 g/mol. The minimum Gasteiger partial charge on any atom is -0.370 e. The third-order valence-corrected chi connectivity index (χ3v) is 4.46. The van der Waals surface area contributed by atoms with Crippen molar-refractivity contribution in [2.75, 3.05) is 26.2 Å². The molecule has 1 aromatic rings. The van der Waals surface area contributed by atoms with E-state index >= 15 is 0 Å². The smallest absolute Gasteiger partial charge is 0.188 e. The third kappa shape index (κ3) is 5.34. The van der Waals surface area contributed by atoms with Crippen molar-refractivity contribution in [1.29, 1.82) is 0 Å². The van der Waals surface area contributed by atoms with Gasteiger partial charge in [0.05, 0.1) is 6.54 Å². The molecule has 1 heterocycles. The van der Waals surface area contributed by atoms with Crippen molar-refractivity contribution in [1.82, 2.24) is 10.2 Å². The monoisotopic (exact) mass is 342 g/mol. The number of aliphatic imine (C=N–C) groups is 1.